The number of Topliss-reactive ketones (excluding diaryl/α,β-unsaturated/α-hetero) is 1. The van der Waals surface area contributed by atoms with Crippen LogP contribution in [0.4, 0.5) is 0 Å². The number of rotatable bonds is 2. The van der Waals surface area contributed by atoms with Crippen molar-refractivity contribution in [1.82, 2.24) is 4.90 Å². The van der Waals surface area contributed by atoms with Gasteiger partial charge in [-0.05, 0) is 37.4 Å². The van der Waals surface area contributed by atoms with Crippen LogP contribution in [0, 0.1) is 0 Å². The highest BCUT2D eigenvalue weighted by Gasteiger charge is 2.65. The normalized spacial score (nSPS) is 35.2. The zero-order valence-corrected chi connectivity index (χ0v) is 13.7. The van der Waals surface area contributed by atoms with E-state index in [0.717, 1.165) is 12.1 Å². The van der Waals surface area contributed by atoms with E-state index in [1.807, 2.05) is 12.1 Å². The SMILES string of the molecule is C=CCN1CCC23CC(=O)CCC2(O)C1Cc1ccc(O)c(O)c13. The van der Waals surface area contributed by atoms with E-state index in [-0.39, 0.29) is 29.7 Å². The minimum absolute atomic E-state index is 0.103. The lowest BCUT2D eigenvalue weighted by molar-refractivity contribution is -0.171. The number of hydrogen-bond acceptors (Lipinski definition) is 5. The number of piperidine rings is 1. The third kappa shape index (κ3) is 1.80. The van der Waals surface area contributed by atoms with Crippen molar-refractivity contribution >= 4 is 5.78 Å². The Kier molecular flexibility index (Phi) is 3.31. The number of carbonyl (C=O) groups excluding carboxylic acids is 1. The molecule has 128 valence electrons. The predicted molar refractivity (Wildman–Crippen MR) is 89.1 cm³/mol. The second-order valence-electron chi connectivity index (χ2n) is 7.44. The van der Waals surface area contributed by atoms with E-state index >= 15 is 0 Å². The maximum Gasteiger partial charge on any atom is 0.161 e. The van der Waals surface area contributed by atoms with Crippen molar-refractivity contribution in [2.75, 3.05) is 13.1 Å². The van der Waals surface area contributed by atoms with Gasteiger partial charge in [0.05, 0.1) is 5.60 Å². The van der Waals surface area contributed by atoms with Crippen LogP contribution in [0.2, 0.25) is 0 Å². The molecule has 24 heavy (non-hydrogen) atoms. The molecule has 1 aromatic carbocycles. The monoisotopic (exact) mass is 329 g/mol. The first kappa shape index (κ1) is 15.7. The fourth-order valence-electron chi connectivity index (χ4n) is 5.38. The summed E-state index contributed by atoms with van der Waals surface area (Å²) in [7, 11) is 0. The summed E-state index contributed by atoms with van der Waals surface area (Å²) in [4.78, 5) is 14.5. The van der Waals surface area contributed by atoms with Crippen LogP contribution in [0.25, 0.3) is 0 Å². The van der Waals surface area contributed by atoms with Crippen LogP contribution in [0.5, 0.6) is 11.5 Å². The van der Waals surface area contributed by atoms with Crippen molar-refractivity contribution in [2.24, 2.45) is 0 Å². The van der Waals surface area contributed by atoms with Gasteiger partial charge in [-0.1, -0.05) is 12.1 Å². The highest BCUT2D eigenvalue weighted by Crippen LogP contribution is 2.60. The van der Waals surface area contributed by atoms with E-state index in [0.29, 0.717) is 37.8 Å². The summed E-state index contributed by atoms with van der Waals surface area (Å²) in [6.45, 7) is 5.25. The van der Waals surface area contributed by atoms with E-state index in [1.165, 1.54) is 6.07 Å². The second-order valence-corrected chi connectivity index (χ2v) is 7.44. The average Bonchev–Trinajstić information content (AvgIpc) is 2.54. The second kappa shape index (κ2) is 5.07. The highest BCUT2D eigenvalue weighted by atomic mass is 16.3. The van der Waals surface area contributed by atoms with Crippen LogP contribution in [0.1, 0.15) is 36.8 Å². The molecule has 0 amide bonds. The summed E-state index contributed by atoms with van der Waals surface area (Å²) in [6, 6.07) is 3.21. The van der Waals surface area contributed by atoms with Gasteiger partial charge in [0, 0.05) is 36.4 Å². The van der Waals surface area contributed by atoms with E-state index in [4.69, 9.17) is 0 Å². The van der Waals surface area contributed by atoms with Crippen LogP contribution in [0.3, 0.4) is 0 Å². The number of phenolic OH excluding ortho intramolecular Hbond substituents is 2. The number of phenols is 2. The Morgan fingerprint density at radius 2 is 2.12 bits per heavy atom. The van der Waals surface area contributed by atoms with Gasteiger partial charge in [0.1, 0.15) is 5.78 Å². The van der Waals surface area contributed by atoms with Crippen LogP contribution < -0.4 is 0 Å². The number of fused-ring (bicyclic) bond motifs is 1. The van der Waals surface area contributed by atoms with E-state index in [2.05, 4.69) is 11.5 Å². The molecule has 3 unspecified atom stereocenters. The zero-order valence-electron chi connectivity index (χ0n) is 13.7. The van der Waals surface area contributed by atoms with Crippen molar-refractivity contribution in [3.63, 3.8) is 0 Å². The van der Waals surface area contributed by atoms with Crippen molar-refractivity contribution in [3.05, 3.63) is 35.9 Å². The first-order chi connectivity index (χ1) is 11.4. The number of aromatic hydroxyl groups is 2. The van der Waals surface area contributed by atoms with Gasteiger partial charge in [0.15, 0.2) is 11.5 Å². The summed E-state index contributed by atoms with van der Waals surface area (Å²) >= 11 is 0. The van der Waals surface area contributed by atoms with Gasteiger partial charge in [0.25, 0.3) is 0 Å². The van der Waals surface area contributed by atoms with Crippen LogP contribution in [-0.4, -0.2) is 50.7 Å². The number of aliphatic hydroxyl groups is 1. The average molecular weight is 329 g/mol. The smallest absolute Gasteiger partial charge is 0.161 e. The number of hydrogen-bond donors (Lipinski definition) is 3. The topological polar surface area (TPSA) is 81.0 Å². The molecule has 3 atom stereocenters. The molecular weight excluding hydrogens is 306 g/mol. The van der Waals surface area contributed by atoms with Crippen LogP contribution in [0.15, 0.2) is 24.8 Å². The Morgan fingerprint density at radius 1 is 1.33 bits per heavy atom. The molecule has 2 bridgehead atoms. The van der Waals surface area contributed by atoms with Crippen molar-refractivity contribution < 1.29 is 20.1 Å². The number of carbonyl (C=O) groups is 1. The Balaban J connectivity index is 1.96. The van der Waals surface area contributed by atoms with Gasteiger partial charge in [-0.25, -0.2) is 0 Å². The summed E-state index contributed by atoms with van der Waals surface area (Å²) in [5.41, 5.74) is -0.363. The lowest BCUT2D eigenvalue weighted by Gasteiger charge is -2.63. The molecule has 0 aromatic heterocycles. The first-order valence-corrected chi connectivity index (χ1v) is 8.56. The van der Waals surface area contributed by atoms with Gasteiger partial charge in [-0.2, -0.15) is 0 Å². The van der Waals surface area contributed by atoms with Crippen LogP contribution >= 0.6 is 0 Å². The molecule has 1 heterocycles. The number of ketones is 1. The summed E-state index contributed by atoms with van der Waals surface area (Å²) in [5.74, 6) is -0.238. The molecule has 2 aliphatic carbocycles. The molecule has 3 N–H and O–H groups in total. The quantitative estimate of drug-likeness (QED) is 0.568. The summed E-state index contributed by atoms with van der Waals surface area (Å²) in [5, 5.41) is 32.3. The van der Waals surface area contributed by atoms with Crippen molar-refractivity contribution in [2.45, 2.75) is 49.2 Å². The predicted octanol–water partition coefficient (Wildman–Crippen LogP) is 1.64. The maximum atomic E-state index is 12.3. The van der Waals surface area contributed by atoms with Gasteiger partial charge in [0.2, 0.25) is 0 Å². The molecular formula is C19H23NO4. The highest BCUT2D eigenvalue weighted by molar-refractivity contribution is 5.83. The molecule has 1 saturated heterocycles. The molecule has 5 heteroatoms. The van der Waals surface area contributed by atoms with Gasteiger partial charge in [-0.15, -0.1) is 6.58 Å². The lowest BCUT2D eigenvalue weighted by Crippen LogP contribution is -2.73. The third-order valence-corrected chi connectivity index (χ3v) is 6.43. The van der Waals surface area contributed by atoms with Gasteiger partial charge >= 0.3 is 0 Å². The lowest BCUT2D eigenvalue weighted by atomic mass is 9.49. The number of nitrogens with zero attached hydrogens (tertiary/aromatic N) is 1. The molecule has 4 rings (SSSR count). The van der Waals surface area contributed by atoms with Crippen molar-refractivity contribution in [1.29, 1.82) is 0 Å². The minimum Gasteiger partial charge on any atom is -0.504 e. The number of benzene rings is 1. The molecule has 0 radical (unpaired) electrons. The molecule has 2 fully saturated rings. The van der Waals surface area contributed by atoms with E-state index in [9.17, 15) is 20.1 Å². The Labute approximate surface area is 141 Å². The largest absolute Gasteiger partial charge is 0.504 e. The molecule has 5 nitrogen and oxygen atoms in total. The standard InChI is InChI=1S/C19H23NO4/c1-2-8-20-9-7-18-11-13(21)5-6-19(18,24)15(20)10-12-3-4-14(22)17(23)16(12)18/h2-4,15,22-24H,1,5-11H2. The molecule has 3 aliphatic rings. The number of likely N-dealkylation sites (tertiary alicyclic amines) is 1. The van der Waals surface area contributed by atoms with Crippen molar-refractivity contribution in [3.8, 4) is 11.5 Å². The maximum absolute atomic E-state index is 12.3. The Hall–Kier alpha value is -1.85. The molecule has 1 aromatic rings. The van der Waals surface area contributed by atoms with Crippen LogP contribution in [-0.2, 0) is 16.6 Å². The fraction of sp³-hybridized carbons (Fsp3) is 0.526. The van der Waals surface area contributed by atoms with E-state index < -0.39 is 11.0 Å². The van der Waals surface area contributed by atoms with E-state index in [1.54, 1.807) is 0 Å². The minimum atomic E-state index is -1.07. The Morgan fingerprint density at radius 3 is 2.88 bits per heavy atom. The van der Waals surface area contributed by atoms with Gasteiger partial charge in [-0.3, -0.25) is 9.69 Å². The zero-order chi connectivity index (χ0) is 17.1. The van der Waals surface area contributed by atoms with Gasteiger partial charge < -0.3 is 15.3 Å². The Bertz CT molecular complexity index is 730. The third-order valence-electron chi connectivity index (χ3n) is 6.43. The first-order valence-electron chi connectivity index (χ1n) is 8.56. The molecule has 1 saturated carbocycles. The summed E-state index contributed by atoms with van der Waals surface area (Å²) < 4.78 is 0. The molecule has 0 spiro atoms. The summed E-state index contributed by atoms with van der Waals surface area (Å²) in [6.07, 6.45) is 4.03. The molecule has 1 aliphatic heterocycles. The fourth-order valence-corrected chi connectivity index (χ4v) is 5.38.